The summed E-state index contributed by atoms with van der Waals surface area (Å²) >= 11 is 0. The van der Waals surface area contributed by atoms with Crippen LogP contribution in [0.15, 0.2) is 18.2 Å². The summed E-state index contributed by atoms with van der Waals surface area (Å²) < 4.78 is 10.5. The van der Waals surface area contributed by atoms with E-state index in [1.807, 2.05) is 12.1 Å². The zero-order valence-electron chi connectivity index (χ0n) is 12.6. The van der Waals surface area contributed by atoms with Crippen molar-refractivity contribution in [3.63, 3.8) is 0 Å². The Morgan fingerprint density at radius 2 is 1.84 bits per heavy atom. The molecule has 0 unspecified atom stereocenters. The Kier molecular flexibility index (Phi) is 5.70. The Bertz CT molecular complexity index is 430. The quantitative estimate of drug-likeness (QED) is 0.584. The minimum absolute atomic E-state index is 0.0206. The Labute approximate surface area is 115 Å². The van der Waals surface area contributed by atoms with Crippen LogP contribution < -0.4 is 0 Å². The molecule has 0 bridgehead atoms. The van der Waals surface area contributed by atoms with Crippen molar-refractivity contribution in [2.75, 3.05) is 20.3 Å². The van der Waals surface area contributed by atoms with Crippen molar-refractivity contribution < 1.29 is 14.3 Å². The number of ketones is 1. The normalized spacial score (nSPS) is 11.6. The number of carbonyl (C=O) groups excluding carboxylic acids is 1. The van der Waals surface area contributed by atoms with Gasteiger partial charge >= 0.3 is 0 Å². The SMILES string of the molecule is COCCOCc1cc(C(C)=O)cc(C(C)(C)C)c1. The monoisotopic (exact) mass is 264 g/mol. The molecule has 0 aliphatic heterocycles. The molecule has 1 aromatic rings. The van der Waals surface area contributed by atoms with Crippen LogP contribution in [-0.2, 0) is 21.5 Å². The molecule has 0 spiro atoms. The molecule has 0 aliphatic rings. The highest BCUT2D eigenvalue weighted by Crippen LogP contribution is 2.25. The molecule has 0 heterocycles. The fourth-order valence-corrected chi connectivity index (χ4v) is 1.74. The molecule has 0 fully saturated rings. The van der Waals surface area contributed by atoms with Crippen molar-refractivity contribution in [1.29, 1.82) is 0 Å². The van der Waals surface area contributed by atoms with Gasteiger partial charge in [-0.1, -0.05) is 26.8 Å². The lowest BCUT2D eigenvalue weighted by molar-refractivity contribution is 0.0616. The zero-order valence-corrected chi connectivity index (χ0v) is 12.6. The summed E-state index contributed by atoms with van der Waals surface area (Å²) in [6.45, 7) is 9.67. The number of hydrogen-bond donors (Lipinski definition) is 0. The van der Waals surface area contributed by atoms with E-state index < -0.39 is 0 Å². The third-order valence-electron chi connectivity index (χ3n) is 2.97. The zero-order chi connectivity index (χ0) is 14.5. The standard InChI is InChI=1S/C16H24O3/c1-12(17)14-8-13(11-19-7-6-18-5)9-15(10-14)16(2,3)4/h8-10H,6-7,11H2,1-5H3. The molecule has 0 atom stereocenters. The molecule has 0 aromatic heterocycles. The van der Waals surface area contributed by atoms with Crippen LogP contribution in [0.25, 0.3) is 0 Å². The Balaban J connectivity index is 2.91. The van der Waals surface area contributed by atoms with Crippen LogP contribution in [0.3, 0.4) is 0 Å². The second kappa shape index (κ2) is 6.83. The van der Waals surface area contributed by atoms with E-state index >= 15 is 0 Å². The van der Waals surface area contributed by atoms with Gasteiger partial charge in [0.1, 0.15) is 0 Å². The number of benzene rings is 1. The van der Waals surface area contributed by atoms with Crippen LogP contribution >= 0.6 is 0 Å². The predicted octanol–water partition coefficient (Wildman–Crippen LogP) is 3.35. The van der Waals surface area contributed by atoms with Gasteiger partial charge in [-0.3, -0.25) is 4.79 Å². The molecule has 3 heteroatoms. The first-order valence-corrected chi connectivity index (χ1v) is 6.56. The number of carbonyl (C=O) groups is 1. The second-order valence-electron chi connectivity index (χ2n) is 5.77. The van der Waals surface area contributed by atoms with Crippen LogP contribution in [0.1, 0.15) is 49.2 Å². The Morgan fingerprint density at radius 1 is 1.16 bits per heavy atom. The first-order chi connectivity index (χ1) is 8.84. The van der Waals surface area contributed by atoms with Crippen molar-refractivity contribution in [3.8, 4) is 0 Å². The molecule has 1 aromatic carbocycles. The molecule has 19 heavy (non-hydrogen) atoms. The van der Waals surface area contributed by atoms with Gasteiger partial charge in [-0.25, -0.2) is 0 Å². The third-order valence-corrected chi connectivity index (χ3v) is 2.97. The molecular weight excluding hydrogens is 240 g/mol. The molecule has 3 nitrogen and oxygen atoms in total. The number of hydrogen-bond acceptors (Lipinski definition) is 3. The van der Waals surface area contributed by atoms with Crippen molar-refractivity contribution in [1.82, 2.24) is 0 Å². The van der Waals surface area contributed by atoms with Gasteiger partial charge in [0.25, 0.3) is 0 Å². The summed E-state index contributed by atoms with van der Waals surface area (Å²) in [7, 11) is 1.65. The molecule has 0 amide bonds. The molecule has 0 N–H and O–H groups in total. The minimum Gasteiger partial charge on any atom is -0.382 e. The van der Waals surface area contributed by atoms with Gasteiger partial charge in [0.2, 0.25) is 0 Å². The molecule has 0 aliphatic carbocycles. The lowest BCUT2D eigenvalue weighted by Gasteiger charge is -2.21. The molecule has 0 saturated heterocycles. The average Bonchev–Trinajstić information content (AvgIpc) is 2.33. The number of methoxy groups -OCH3 is 1. The average molecular weight is 264 g/mol. The molecule has 0 radical (unpaired) electrons. The van der Waals surface area contributed by atoms with Crippen LogP contribution in [-0.4, -0.2) is 26.1 Å². The predicted molar refractivity (Wildman–Crippen MR) is 76.7 cm³/mol. The maximum Gasteiger partial charge on any atom is 0.159 e. The van der Waals surface area contributed by atoms with Gasteiger partial charge in [0.05, 0.1) is 19.8 Å². The van der Waals surface area contributed by atoms with Crippen LogP contribution in [0, 0.1) is 0 Å². The molecule has 0 saturated carbocycles. The number of ether oxygens (including phenoxy) is 2. The number of Topliss-reactive ketones (excluding diaryl/α,β-unsaturated/α-hetero) is 1. The Hall–Kier alpha value is -1.19. The van der Waals surface area contributed by atoms with E-state index in [1.165, 1.54) is 0 Å². The fourth-order valence-electron chi connectivity index (χ4n) is 1.74. The highest BCUT2D eigenvalue weighted by Gasteiger charge is 2.16. The maximum atomic E-state index is 11.6. The van der Waals surface area contributed by atoms with Crippen LogP contribution in [0.2, 0.25) is 0 Å². The largest absolute Gasteiger partial charge is 0.382 e. The van der Waals surface area contributed by atoms with Crippen molar-refractivity contribution in [2.45, 2.75) is 39.7 Å². The van der Waals surface area contributed by atoms with E-state index in [2.05, 4.69) is 26.8 Å². The van der Waals surface area contributed by atoms with E-state index in [9.17, 15) is 4.79 Å². The third kappa shape index (κ3) is 5.13. The van der Waals surface area contributed by atoms with Gasteiger partial charge in [-0.05, 0) is 35.6 Å². The molecule has 106 valence electrons. The first kappa shape index (κ1) is 15.9. The first-order valence-electron chi connectivity index (χ1n) is 6.56. The fraction of sp³-hybridized carbons (Fsp3) is 0.562. The Morgan fingerprint density at radius 3 is 2.37 bits per heavy atom. The molecular formula is C16H24O3. The lowest BCUT2D eigenvalue weighted by atomic mass is 9.84. The van der Waals surface area contributed by atoms with Gasteiger partial charge < -0.3 is 9.47 Å². The van der Waals surface area contributed by atoms with E-state index in [4.69, 9.17) is 9.47 Å². The smallest absolute Gasteiger partial charge is 0.159 e. The minimum atomic E-state index is 0.0206. The summed E-state index contributed by atoms with van der Waals surface area (Å²) in [5.41, 5.74) is 2.96. The maximum absolute atomic E-state index is 11.6. The molecule has 1 rings (SSSR count). The topological polar surface area (TPSA) is 35.5 Å². The van der Waals surface area contributed by atoms with E-state index in [0.717, 1.165) is 16.7 Å². The van der Waals surface area contributed by atoms with Gasteiger partial charge in [0, 0.05) is 12.7 Å². The van der Waals surface area contributed by atoms with E-state index in [1.54, 1.807) is 14.0 Å². The highest BCUT2D eigenvalue weighted by molar-refractivity contribution is 5.94. The highest BCUT2D eigenvalue weighted by atomic mass is 16.5. The van der Waals surface area contributed by atoms with Crippen molar-refractivity contribution in [3.05, 3.63) is 34.9 Å². The van der Waals surface area contributed by atoms with Gasteiger partial charge in [-0.15, -0.1) is 0 Å². The number of rotatable bonds is 6. The van der Waals surface area contributed by atoms with E-state index in [-0.39, 0.29) is 11.2 Å². The summed E-state index contributed by atoms with van der Waals surface area (Å²) in [6.07, 6.45) is 0. The van der Waals surface area contributed by atoms with Gasteiger partial charge in [0.15, 0.2) is 5.78 Å². The van der Waals surface area contributed by atoms with Crippen molar-refractivity contribution in [2.24, 2.45) is 0 Å². The summed E-state index contributed by atoms with van der Waals surface area (Å²) in [6, 6.07) is 5.99. The summed E-state index contributed by atoms with van der Waals surface area (Å²) in [5.74, 6) is 0.0873. The van der Waals surface area contributed by atoms with Gasteiger partial charge in [-0.2, -0.15) is 0 Å². The lowest BCUT2D eigenvalue weighted by Crippen LogP contribution is -2.13. The van der Waals surface area contributed by atoms with E-state index in [0.29, 0.717) is 19.8 Å². The second-order valence-corrected chi connectivity index (χ2v) is 5.77. The van der Waals surface area contributed by atoms with Crippen molar-refractivity contribution >= 4 is 5.78 Å². The van der Waals surface area contributed by atoms with Crippen LogP contribution in [0.5, 0.6) is 0 Å². The van der Waals surface area contributed by atoms with Crippen LogP contribution in [0.4, 0.5) is 0 Å². The summed E-state index contributed by atoms with van der Waals surface area (Å²) in [5, 5.41) is 0. The summed E-state index contributed by atoms with van der Waals surface area (Å²) in [4.78, 5) is 11.6.